The molecule has 0 saturated heterocycles. The molecule has 0 unspecified atom stereocenters. The summed E-state index contributed by atoms with van der Waals surface area (Å²) in [5, 5.41) is 6.13. The summed E-state index contributed by atoms with van der Waals surface area (Å²) < 4.78 is 7.62. The molecule has 1 aromatic carbocycles. The van der Waals surface area contributed by atoms with E-state index < -0.39 is 0 Å². The molecule has 1 aliphatic carbocycles. The Hall–Kier alpha value is -0.820. The Labute approximate surface area is 166 Å². The molecule has 5 heteroatoms. The van der Waals surface area contributed by atoms with Crippen LogP contribution in [0.5, 0.6) is 5.75 Å². The number of ether oxygens (including phenoxy) is 1. The largest absolute Gasteiger partial charge is 1.00 e. The third-order valence-electron chi connectivity index (χ3n) is 4.76. The van der Waals surface area contributed by atoms with Gasteiger partial charge in [-0.05, 0) is 68.1 Å². The highest BCUT2D eigenvalue weighted by molar-refractivity contribution is 7.98. The molecule has 3 rings (SSSR count). The van der Waals surface area contributed by atoms with Crippen LogP contribution in [0.25, 0.3) is 0 Å². The van der Waals surface area contributed by atoms with E-state index in [2.05, 4.69) is 43.8 Å². The highest BCUT2D eigenvalue weighted by atomic mass is 127. The molecule has 24 heavy (non-hydrogen) atoms. The van der Waals surface area contributed by atoms with Gasteiger partial charge in [-0.3, -0.25) is 0 Å². The van der Waals surface area contributed by atoms with Crippen LogP contribution in [-0.2, 0) is 6.54 Å². The van der Waals surface area contributed by atoms with E-state index in [4.69, 9.17) is 9.84 Å². The van der Waals surface area contributed by atoms with Crippen molar-refractivity contribution in [2.24, 2.45) is 0 Å². The number of halogens is 1. The van der Waals surface area contributed by atoms with Crippen LogP contribution in [0.15, 0.2) is 23.2 Å². The van der Waals surface area contributed by atoms with Gasteiger partial charge >= 0.3 is 0 Å². The summed E-state index contributed by atoms with van der Waals surface area (Å²) >= 11 is 1.77. The van der Waals surface area contributed by atoms with E-state index in [1.165, 1.54) is 45.8 Å². The summed E-state index contributed by atoms with van der Waals surface area (Å²) in [5.74, 6) is 1.69. The van der Waals surface area contributed by atoms with Crippen molar-refractivity contribution in [1.82, 2.24) is 5.10 Å². The minimum Gasteiger partial charge on any atom is -1.00 e. The SMILES string of the molecule is COc1ccc(C)c(C[n+]2nc(C)c(C3CC3)cc2SC)c1C.[I-]. The van der Waals surface area contributed by atoms with E-state index in [1.54, 1.807) is 18.9 Å². The summed E-state index contributed by atoms with van der Waals surface area (Å²) in [6.45, 7) is 7.22. The number of hydrogen-bond donors (Lipinski definition) is 0. The van der Waals surface area contributed by atoms with Crippen LogP contribution in [0.4, 0.5) is 0 Å². The fourth-order valence-corrected chi connectivity index (χ4v) is 3.73. The number of nitrogens with zero attached hydrogens (tertiary/aromatic N) is 2. The zero-order valence-electron chi connectivity index (χ0n) is 15.0. The van der Waals surface area contributed by atoms with Gasteiger partial charge < -0.3 is 28.7 Å². The van der Waals surface area contributed by atoms with Gasteiger partial charge in [-0.25, -0.2) is 0 Å². The summed E-state index contributed by atoms with van der Waals surface area (Å²) in [4.78, 5) is 0. The second-order valence-corrected chi connectivity index (χ2v) is 7.17. The van der Waals surface area contributed by atoms with Crippen molar-refractivity contribution < 1.29 is 33.4 Å². The van der Waals surface area contributed by atoms with Crippen molar-refractivity contribution in [2.75, 3.05) is 13.4 Å². The summed E-state index contributed by atoms with van der Waals surface area (Å²) in [6, 6.07) is 6.52. The van der Waals surface area contributed by atoms with Crippen LogP contribution in [0.2, 0.25) is 0 Å². The maximum absolute atomic E-state index is 5.48. The number of hydrogen-bond acceptors (Lipinski definition) is 3. The molecule has 0 N–H and O–H groups in total. The number of aromatic nitrogens is 2. The van der Waals surface area contributed by atoms with Gasteiger partial charge in [0.05, 0.1) is 7.11 Å². The summed E-state index contributed by atoms with van der Waals surface area (Å²) in [6.07, 6.45) is 4.76. The van der Waals surface area contributed by atoms with E-state index in [9.17, 15) is 0 Å². The fourth-order valence-electron chi connectivity index (χ4n) is 3.17. The molecule has 1 saturated carbocycles. The predicted octanol–water partition coefficient (Wildman–Crippen LogP) is 0.955. The zero-order chi connectivity index (χ0) is 16.6. The van der Waals surface area contributed by atoms with Crippen LogP contribution in [0.3, 0.4) is 0 Å². The van der Waals surface area contributed by atoms with Crippen LogP contribution < -0.4 is 33.4 Å². The highest BCUT2D eigenvalue weighted by Gasteiger charge is 2.29. The monoisotopic (exact) mass is 456 g/mol. The average Bonchev–Trinajstić information content (AvgIpc) is 3.36. The zero-order valence-corrected chi connectivity index (χ0v) is 18.0. The fraction of sp³-hybridized carbons (Fsp3) is 0.474. The van der Waals surface area contributed by atoms with Gasteiger partial charge in [0.1, 0.15) is 11.4 Å². The first-order valence-electron chi connectivity index (χ1n) is 8.13. The Balaban J connectivity index is 0.00000208. The van der Waals surface area contributed by atoms with Crippen LogP contribution in [0.1, 0.15) is 46.7 Å². The maximum Gasteiger partial charge on any atom is 0.266 e. The van der Waals surface area contributed by atoms with Crippen LogP contribution >= 0.6 is 11.8 Å². The minimum absolute atomic E-state index is 0. The second-order valence-electron chi connectivity index (χ2n) is 6.35. The van der Waals surface area contributed by atoms with Gasteiger partial charge in [0.2, 0.25) is 6.54 Å². The first kappa shape index (κ1) is 19.5. The average molecular weight is 456 g/mol. The molecule has 0 bridgehead atoms. The highest BCUT2D eigenvalue weighted by Crippen LogP contribution is 2.41. The first-order valence-corrected chi connectivity index (χ1v) is 9.36. The van der Waals surface area contributed by atoms with E-state index in [-0.39, 0.29) is 24.0 Å². The Morgan fingerprint density at radius 3 is 2.54 bits per heavy atom. The van der Waals surface area contributed by atoms with Crippen molar-refractivity contribution in [3.63, 3.8) is 0 Å². The van der Waals surface area contributed by atoms with Crippen molar-refractivity contribution in [3.05, 3.63) is 46.1 Å². The molecule has 0 aliphatic heterocycles. The molecule has 1 aromatic heterocycles. The Morgan fingerprint density at radius 1 is 1.25 bits per heavy atom. The molecule has 3 nitrogen and oxygen atoms in total. The number of benzene rings is 1. The van der Waals surface area contributed by atoms with Crippen molar-refractivity contribution in [2.45, 2.75) is 51.1 Å². The molecular weight excluding hydrogens is 431 g/mol. The second kappa shape index (κ2) is 8.04. The van der Waals surface area contributed by atoms with Crippen LogP contribution in [-0.4, -0.2) is 18.5 Å². The van der Waals surface area contributed by atoms with E-state index in [0.29, 0.717) is 0 Å². The minimum atomic E-state index is 0. The first-order chi connectivity index (χ1) is 11.0. The Morgan fingerprint density at radius 2 is 1.96 bits per heavy atom. The molecule has 130 valence electrons. The number of thioether (sulfide) groups is 1. The van der Waals surface area contributed by atoms with Gasteiger partial charge in [-0.1, -0.05) is 22.5 Å². The van der Waals surface area contributed by atoms with Gasteiger partial charge in [-0.2, -0.15) is 0 Å². The molecular formula is C19H25IN2OS. The molecule has 0 amide bonds. The molecule has 1 aliphatic rings. The molecule has 0 radical (unpaired) electrons. The molecule has 1 fully saturated rings. The van der Waals surface area contributed by atoms with E-state index >= 15 is 0 Å². The lowest BCUT2D eigenvalue weighted by Crippen LogP contribution is -3.00. The topological polar surface area (TPSA) is 26.0 Å². The third kappa shape index (κ3) is 3.87. The van der Waals surface area contributed by atoms with E-state index in [1.807, 2.05) is 6.07 Å². The summed E-state index contributed by atoms with van der Waals surface area (Å²) in [5.41, 5.74) is 6.40. The molecule has 0 spiro atoms. The standard InChI is InChI=1S/C19H25N2OS.HI/c1-12-6-9-18(22-4)13(2)17(12)11-21-19(23-5)10-16(14(3)20-21)15-7-8-15;/h6,9-10,15H,7-8,11H2,1-5H3;1H/q+1;/p-1. The number of methoxy groups -OCH3 is 1. The van der Waals surface area contributed by atoms with Gasteiger partial charge in [0.15, 0.2) is 0 Å². The molecule has 2 aromatic rings. The Kier molecular flexibility index (Phi) is 6.53. The van der Waals surface area contributed by atoms with Gasteiger partial charge in [0, 0.05) is 17.2 Å². The number of rotatable bonds is 5. The van der Waals surface area contributed by atoms with Crippen LogP contribution in [0, 0.1) is 20.8 Å². The van der Waals surface area contributed by atoms with Crippen molar-refractivity contribution in [3.8, 4) is 5.75 Å². The lowest BCUT2D eigenvalue weighted by atomic mass is 10.0. The lowest BCUT2D eigenvalue weighted by Gasteiger charge is -2.12. The van der Waals surface area contributed by atoms with Crippen molar-refractivity contribution >= 4 is 11.8 Å². The van der Waals surface area contributed by atoms with E-state index in [0.717, 1.165) is 18.2 Å². The van der Waals surface area contributed by atoms with Gasteiger partial charge in [-0.15, -0.1) is 0 Å². The smallest absolute Gasteiger partial charge is 0.266 e. The Bertz CT molecular complexity index is 745. The maximum atomic E-state index is 5.48. The quantitative estimate of drug-likeness (QED) is 0.381. The normalized spacial score (nSPS) is 13.5. The summed E-state index contributed by atoms with van der Waals surface area (Å²) in [7, 11) is 1.73. The predicted molar refractivity (Wildman–Crippen MR) is 94.5 cm³/mol. The lowest BCUT2D eigenvalue weighted by molar-refractivity contribution is -0.780. The molecule has 1 heterocycles. The number of aryl methyl sites for hydroxylation is 2. The van der Waals surface area contributed by atoms with Gasteiger partial charge in [0.25, 0.3) is 5.03 Å². The molecule has 0 atom stereocenters. The van der Waals surface area contributed by atoms with Crippen molar-refractivity contribution in [1.29, 1.82) is 0 Å². The third-order valence-corrected chi connectivity index (χ3v) is 5.51.